The van der Waals surface area contributed by atoms with Crippen molar-refractivity contribution < 1.29 is 9.47 Å². The van der Waals surface area contributed by atoms with E-state index in [1.165, 1.54) is 0 Å². The highest BCUT2D eigenvalue weighted by Gasteiger charge is 2.33. The zero-order valence-corrected chi connectivity index (χ0v) is 15.3. The molecule has 4 heteroatoms. The molecule has 0 saturated heterocycles. The second kappa shape index (κ2) is 7.98. The van der Waals surface area contributed by atoms with E-state index in [-0.39, 0.29) is 18.0 Å². The monoisotopic (exact) mass is 326 g/mol. The number of rotatable bonds is 3. The Morgan fingerprint density at radius 3 is 2.12 bits per heavy atom. The summed E-state index contributed by atoms with van der Waals surface area (Å²) in [5, 5.41) is 0. The van der Waals surface area contributed by atoms with E-state index in [2.05, 4.69) is 31.7 Å². The van der Waals surface area contributed by atoms with Crippen LogP contribution in [-0.4, -0.2) is 38.1 Å². The zero-order valence-electron chi connectivity index (χ0n) is 15.3. The lowest BCUT2D eigenvalue weighted by atomic mass is 9.96. The summed E-state index contributed by atoms with van der Waals surface area (Å²) in [6.07, 6.45) is 0. The lowest BCUT2D eigenvalue weighted by molar-refractivity contribution is 0.339. The van der Waals surface area contributed by atoms with Crippen molar-refractivity contribution in [2.45, 2.75) is 39.8 Å². The molecular formula is C20H26N2O2. The average molecular weight is 326 g/mol. The molecule has 1 aliphatic heterocycles. The van der Waals surface area contributed by atoms with Gasteiger partial charge in [-0.15, -0.1) is 5.73 Å². The minimum Gasteiger partial charge on any atom is -0.483 e. The molecule has 0 aromatic heterocycles. The Hall–Kier alpha value is -2.32. The summed E-state index contributed by atoms with van der Waals surface area (Å²) in [4.78, 5) is 9.57. The second-order valence-corrected chi connectivity index (χ2v) is 6.34. The molecule has 128 valence electrons. The molecule has 1 aromatic carbocycles. The smallest absolute Gasteiger partial charge is 0.214 e. The van der Waals surface area contributed by atoms with Gasteiger partial charge in [0.05, 0.1) is 14.2 Å². The molecule has 0 aliphatic carbocycles. The molecule has 0 bridgehead atoms. The van der Waals surface area contributed by atoms with Crippen LogP contribution in [0.1, 0.15) is 33.3 Å². The molecule has 0 amide bonds. The van der Waals surface area contributed by atoms with Gasteiger partial charge >= 0.3 is 0 Å². The summed E-state index contributed by atoms with van der Waals surface area (Å²) in [6.45, 7) is 8.24. The van der Waals surface area contributed by atoms with Gasteiger partial charge in [-0.3, -0.25) is 0 Å². The third kappa shape index (κ3) is 3.95. The maximum absolute atomic E-state index is 5.58. The number of hydrogen-bond donors (Lipinski definition) is 0. The van der Waals surface area contributed by atoms with E-state index in [4.69, 9.17) is 19.5 Å². The molecule has 2 rings (SSSR count). The van der Waals surface area contributed by atoms with Crippen molar-refractivity contribution in [2.24, 2.45) is 15.9 Å². The van der Waals surface area contributed by atoms with Gasteiger partial charge in [-0.2, -0.15) is 0 Å². The van der Waals surface area contributed by atoms with Gasteiger partial charge in [-0.1, -0.05) is 44.2 Å². The maximum atomic E-state index is 5.58. The highest BCUT2D eigenvalue weighted by molar-refractivity contribution is 6.02. The summed E-state index contributed by atoms with van der Waals surface area (Å²) in [5.74, 6) is 1.52. The van der Waals surface area contributed by atoms with E-state index in [0.29, 0.717) is 11.8 Å². The normalized spacial score (nSPS) is 20.0. The first-order chi connectivity index (χ1) is 11.5. The summed E-state index contributed by atoms with van der Waals surface area (Å²) in [5.41, 5.74) is 6.49. The molecule has 1 aliphatic rings. The maximum Gasteiger partial charge on any atom is 0.214 e. The van der Waals surface area contributed by atoms with E-state index in [0.717, 1.165) is 16.7 Å². The number of ether oxygens (including phenoxy) is 2. The van der Waals surface area contributed by atoms with Crippen molar-refractivity contribution in [3.05, 3.63) is 47.2 Å². The first-order valence-corrected chi connectivity index (χ1v) is 8.20. The van der Waals surface area contributed by atoms with Crippen molar-refractivity contribution in [1.82, 2.24) is 0 Å². The molecule has 0 spiro atoms. The summed E-state index contributed by atoms with van der Waals surface area (Å²) >= 11 is 0. The van der Waals surface area contributed by atoms with Crippen molar-refractivity contribution in [3.63, 3.8) is 0 Å². The highest BCUT2D eigenvalue weighted by atomic mass is 16.5. The van der Waals surface area contributed by atoms with Gasteiger partial charge in [0, 0.05) is 5.57 Å². The first kappa shape index (κ1) is 18.0. The number of methoxy groups -OCH3 is 2. The minimum atomic E-state index is -0.350. The number of nitrogens with zero attached hydrogens (tertiary/aromatic N) is 2. The average Bonchev–Trinajstić information content (AvgIpc) is 2.59. The first-order valence-electron chi connectivity index (χ1n) is 8.20. The molecule has 1 heterocycles. The SMILES string of the molecule is COC1=N[C@@H](C(C)C)C(OC)=N[C@@H]1C(=C=C(C)C)c1ccccc1. The van der Waals surface area contributed by atoms with Crippen LogP contribution >= 0.6 is 0 Å². The minimum absolute atomic E-state index is 0.120. The van der Waals surface area contributed by atoms with Gasteiger partial charge in [-0.25, -0.2) is 9.98 Å². The van der Waals surface area contributed by atoms with Crippen molar-refractivity contribution in [2.75, 3.05) is 14.2 Å². The van der Waals surface area contributed by atoms with Crippen LogP contribution in [0, 0.1) is 5.92 Å². The Morgan fingerprint density at radius 2 is 1.62 bits per heavy atom. The van der Waals surface area contributed by atoms with Crippen LogP contribution in [-0.2, 0) is 9.47 Å². The molecular weight excluding hydrogens is 300 g/mol. The molecule has 0 unspecified atom stereocenters. The van der Waals surface area contributed by atoms with E-state index in [9.17, 15) is 0 Å². The Balaban J connectivity index is 2.60. The molecule has 4 nitrogen and oxygen atoms in total. The van der Waals surface area contributed by atoms with Crippen LogP contribution in [0.25, 0.3) is 5.57 Å². The lowest BCUT2D eigenvalue weighted by Crippen LogP contribution is -2.37. The summed E-state index contributed by atoms with van der Waals surface area (Å²) in [7, 11) is 3.28. The van der Waals surface area contributed by atoms with Crippen LogP contribution in [0.2, 0.25) is 0 Å². The van der Waals surface area contributed by atoms with Gasteiger partial charge in [0.2, 0.25) is 11.8 Å². The largest absolute Gasteiger partial charge is 0.483 e. The van der Waals surface area contributed by atoms with Crippen molar-refractivity contribution >= 4 is 17.4 Å². The van der Waals surface area contributed by atoms with Crippen LogP contribution in [0.15, 0.2) is 51.6 Å². The van der Waals surface area contributed by atoms with Gasteiger partial charge in [0.15, 0.2) is 6.04 Å². The van der Waals surface area contributed by atoms with Gasteiger partial charge in [-0.05, 0) is 30.9 Å². The Labute approximate surface area is 144 Å². The standard InChI is InChI=1S/C20H26N2O2/c1-13(2)12-16(15-10-8-7-9-11-15)18-20(24-6)21-17(14(3)4)19(22-18)23-5/h7-11,14,17-18H,1-6H3/t17-,18+/m0/s1. The van der Waals surface area contributed by atoms with Crippen molar-refractivity contribution in [1.29, 1.82) is 0 Å². The predicted octanol–water partition coefficient (Wildman–Crippen LogP) is 4.13. The summed E-state index contributed by atoms with van der Waals surface area (Å²) in [6, 6.07) is 9.64. The fourth-order valence-electron chi connectivity index (χ4n) is 2.67. The second-order valence-electron chi connectivity index (χ2n) is 6.34. The Bertz CT molecular complexity index is 692. The van der Waals surface area contributed by atoms with Gasteiger partial charge in [0.25, 0.3) is 0 Å². The van der Waals surface area contributed by atoms with Crippen LogP contribution in [0.3, 0.4) is 0 Å². The van der Waals surface area contributed by atoms with Gasteiger partial charge in [0.1, 0.15) is 6.04 Å². The molecule has 1 aromatic rings. The number of benzene rings is 1. The summed E-state index contributed by atoms with van der Waals surface area (Å²) < 4.78 is 11.1. The van der Waals surface area contributed by atoms with Gasteiger partial charge < -0.3 is 9.47 Å². The third-order valence-corrected chi connectivity index (χ3v) is 3.80. The quantitative estimate of drug-likeness (QED) is 0.784. The Morgan fingerprint density at radius 1 is 1.00 bits per heavy atom. The number of hydrogen-bond acceptors (Lipinski definition) is 4. The molecule has 24 heavy (non-hydrogen) atoms. The van der Waals surface area contributed by atoms with Crippen LogP contribution in [0.4, 0.5) is 0 Å². The zero-order chi connectivity index (χ0) is 17.7. The molecule has 0 radical (unpaired) electrons. The van der Waals surface area contributed by atoms with E-state index < -0.39 is 0 Å². The molecule has 0 saturated carbocycles. The molecule has 0 N–H and O–H groups in total. The third-order valence-electron chi connectivity index (χ3n) is 3.80. The molecule has 2 atom stereocenters. The van der Waals surface area contributed by atoms with Crippen LogP contribution in [0.5, 0.6) is 0 Å². The fourth-order valence-corrected chi connectivity index (χ4v) is 2.67. The molecule has 0 fully saturated rings. The number of aliphatic imine (C=N–C) groups is 2. The fraction of sp³-hybridized carbons (Fsp3) is 0.450. The van der Waals surface area contributed by atoms with Crippen LogP contribution < -0.4 is 0 Å². The highest BCUT2D eigenvalue weighted by Crippen LogP contribution is 2.27. The van der Waals surface area contributed by atoms with E-state index in [1.54, 1.807) is 14.2 Å². The van der Waals surface area contributed by atoms with E-state index >= 15 is 0 Å². The lowest BCUT2D eigenvalue weighted by Gasteiger charge is -2.27. The predicted molar refractivity (Wildman–Crippen MR) is 99.5 cm³/mol. The van der Waals surface area contributed by atoms with Crippen molar-refractivity contribution in [3.8, 4) is 0 Å². The topological polar surface area (TPSA) is 43.2 Å². The Kier molecular flexibility index (Phi) is 5.99. The van der Waals surface area contributed by atoms with E-state index in [1.807, 2.05) is 32.0 Å².